The molecule has 2 aromatic rings. The molecule has 6 nitrogen and oxygen atoms in total. The second kappa shape index (κ2) is 11.8. The summed E-state index contributed by atoms with van der Waals surface area (Å²) in [7, 11) is -4.27. The largest absolute Gasteiger partial charge is 0.446 e. The lowest BCUT2D eigenvalue weighted by Crippen LogP contribution is -2.40. The van der Waals surface area contributed by atoms with Crippen molar-refractivity contribution in [3.8, 4) is 0 Å². The van der Waals surface area contributed by atoms with Gasteiger partial charge in [-0.25, -0.2) is 13.9 Å². The molecule has 2 aromatic carbocycles. The van der Waals surface area contributed by atoms with Gasteiger partial charge in [0.1, 0.15) is 0 Å². The van der Waals surface area contributed by atoms with E-state index in [0.29, 0.717) is 12.8 Å². The zero-order valence-corrected chi connectivity index (χ0v) is 21.4. The first-order valence-corrected chi connectivity index (χ1v) is 14.0. The van der Waals surface area contributed by atoms with E-state index in [1.165, 1.54) is 41.5 Å². The number of nitrogens with zero attached hydrogens (tertiary/aromatic N) is 1. The molecule has 37 heavy (non-hydrogen) atoms. The third-order valence-electron chi connectivity index (χ3n) is 5.54. The third kappa shape index (κ3) is 8.27. The molecule has 0 bridgehead atoms. The topological polar surface area (TPSA) is 86.7 Å². The Balaban J connectivity index is 1.72. The number of benzene rings is 2. The number of hydroxylamine groups is 1. The molecule has 0 radical (unpaired) electrons. The van der Waals surface area contributed by atoms with Gasteiger partial charge in [-0.3, -0.25) is 10.0 Å². The number of hydrogen-bond donors (Lipinski definition) is 2. The Hall–Kier alpha value is -1.94. The van der Waals surface area contributed by atoms with Gasteiger partial charge in [0, 0.05) is 28.1 Å². The molecule has 1 atom stereocenters. The third-order valence-corrected chi connectivity index (χ3v) is 9.60. The van der Waals surface area contributed by atoms with E-state index >= 15 is 0 Å². The van der Waals surface area contributed by atoms with Crippen molar-refractivity contribution in [2.24, 2.45) is 0 Å². The quantitative estimate of drug-likeness (QED) is 0.176. The van der Waals surface area contributed by atoms with Crippen LogP contribution in [0.3, 0.4) is 0 Å². The SMILES string of the molecule is O=C(NO)C(CC(F)(F)F)c1ccccc1S(=O)(=O)N1CCC(Sc2ccc(SC(F)(F)F)cc2)CC1. The van der Waals surface area contributed by atoms with Crippen LogP contribution in [-0.2, 0) is 14.8 Å². The highest BCUT2D eigenvalue weighted by Gasteiger charge is 2.40. The summed E-state index contributed by atoms with van der Waals surface area (Å²) in [6.45, 7) is 0.124. The molecule has 15 heteroatoms. The Labute approximate surface area is 217 Å². The van der Waals surface area contributed by atoms with Crippen molar-refractivity contribution in [3.05, 3.63) is 54.1 Å². The van der Waals surface area contributed by atoms with Gasteiger partial charge in [0.15, 0.2) is 0 Å². The molecule has 1 saturated heterocycles. The van der Waals surface area contributed by atoms with E-state index in [1.54, 1.807) is 12.1 Å². The number of rotatable bonds is 8. The van der Waals surface area contributed by atoms with Crippen LogP contribution in [0.25, 0.3) is 0 Å². The van der Waals surface area contributed by atoms with Gasteiger partial charge in [-0.05, 0) is 60.5 Å². The van der Waals surface area contributed by atoms with Crippen LogP contribution in [0, 0.1) is 0 Å². The predicted octanol–water partition coefficient (Wildman–Crippen LogP) is 5.79. The fourth-order valence-corrected chi connectivity index (χ4v) is 7.29. The molecular formula is C22H22F6N2O4S3. The van der Waals surface area contributed by atoms with Gasteiger partial charge in [0.2, 0.25) is 10.0 Å². The van der Waals surface area contributed by atoms with Gasteiger partial charge < -0.3 is 0 Å². The molecule has 1 unspecified atom stereocenters. The number of nitrogens with one attached hydrogen (secondary N) is 1. The Morgan fingerprint density at radius 3 is 2.11 bits per heavy atom. The van der Waals surface area contributed by atoms with Crippen molar-refractivity contribution in [1.29, 1.82) is 0 Å². The minimum Gasteiger partial charge on any atom is -0.289 e. The number of amides is 1. The smallest absolute Gasteiger partial charge is 0.289 e. The molecule has 0 aliphatic carbocycles. The van der Waals surface area contributed by atoms with Crippen LogP contribution < -0.4 is 5.48 Å². The summed E-state index contributed by atoms with van der Waals surface area (Å²) in [5, 5.41) is 8.91. The van der Waals surface area contributed by atoms with Gasteiger partial charge in [0.25, 0.3) is 5.91 Å². The molecule has 0 aromatic heterocycles. The monoisotopic (exact) mass is 588 g/mol. The molecule has 3 rings (SSSR count). The molecule has 1 aliphatic rings. The minimum absolute atomic E-state index is 0.0269. The fraction of sp³-hybridized carbons (Fsp3) is 0.409. The number of sulfonamides is 1. The van der Waals surface area contributed by atoms with Crippen LogP contribution in [0.1, 0.15) is 30.7 Å². The van der Waals surface area contributed by atoms with Crippen LogP contribution in [0.5, 0.6) is 0 Å². The first-order chi connectivity index (χ1) is 17.2. The van der Waals surface area contributed by atoms with Gasteiger partial charge >= 0.3 is 11.7 Å². The first kappa shape index (κ1) is 29.6. The Bertz CT molecular complexity index is 1180. The number of hydrogen-bond acceptors (Lipinski definition) is 6. The van der Waals surface area contributed by atoms with E-state index in [1.807, 2.05) is 0 Å². The van der Waals surface area contributed by atoms with Crippen molar-refractivity contribution in [3.63, 3.8) is 0 Å². The van der Waals surface area contributed by atoms with Crippen molar-refractivity contribution < 1.29 is 44.8 Å². The standard InChI is InChI=1S/C22H22F6N2O4S3/c23-21(24,25)13-18(20(31)29-32)17-3-1-2-4-19(17)37(33,34)30-11-9-15(10-12-30)35-14-5-7-16(8-6-14)36-22(26,27)28/h1-8,15,18,32H,9-13H2,(H,29,31). The summed E-state index contributed by atoms with van der Waals surface area (Å²) in [6, 6.07) is 10.7. The van der Waals surface area contributed by atoms with Gasteiger partial charge in [0.05, 0.1) is 17.2 Å². The van der Waals surface area contributed by atoms with Crippen molar-refractivity contribution in [1.82, 2.24) is 9.79 Å². The van der Waals surface area contributed by atoms with Crippen molar-refractivity contribution >= 4 is 39.5 Å². The average Bonchev–Trinajstić information content (AvgIpc) is 2.82. The number of thioether (sulfide) groups is 2. The zero-order valence-electron chi connectivity index (χ0n) is 18.9. The Morgan fingerprint density at radius 2 is 1.57 bits per heavy atom. The molecule has 1 heterocycles. The number of carbonyl (C=O) groups is 1. The molecule has 204 valence electrons. The van der Waals surface area contributed by atoms with Crippen LogP contribution in [-0.4, -0.2) is 53.9 Å². The Kier molecular flexibility index (Phi) is 9.48. The summed E-state index contributed by atoms with van der Waals surface area (Å²) in [5.41, 5.74) is -3.58. The highest BCUT2D eigenvalue weighted by molar-refractivity contribution is 8.00. The van der Waals surface area contributed by atoms with E-state index in [9.17, 15) is 39.6 Å². The normalized spacial score (nSPS) is 16.9. The summed E-state index contributed by atoms with van der Waals surface area (Å²) in [5.74, 6) is -3.35. The molecule has 1 aliphatic heterocycles. The maximum absolute atomic E-state index is 13.4. The summed E-state index contributed by atoms with van der Waals surface area (Å²) >= 11 is 1.18. The van der Waals surface area contributed by atoms with Gasteiger partial charge in [-0.15, -0.1) is 11.8 Å². The zero-order chi connectivity index (χ0) is 27.4. The number of piperidine rings is 1. The van der Waals surface area contributed by atoms with Crippen molar-refractivity contribution in [2.45, 2.75) is 56.8 Å². The molecule has 2 N–H and O–H groups in total. The second-order valence-electron chi connectivity index (χ2n) is 8.13. The van der Waals surface area contributed by atoms with Crippen LogP contribution in [0.4, 0.5) is 26.3 Å². The van der Waals surface area contributed by atoms with E-state index in [-0.39, 0.29) is 40.6 Å². The highest BCUT2D eigenvalue weighted by atomic mass is 32.2. The number of carbonyl (C=O) groups excluding carboxylic acids is 1. The molecule has 1 amide bonds. The molecule has 1 fully saturated rings. The predicted molar refractivity (Wildman–Crippen MR) is 126 cm³/mol. The number of alkyl halides is 6. The maximum atomic E-state index is 13.4. The van der Waals surface area contributed by atoms with Crippen LogP contribution >= 0.6 is 23.5 Å². The van der Waals surface area contributed by atoms with Gasteiger partial charge in [-0.2, -0.15) is 30.6 Å². The summed E-state index contributed by atoms with van der Waals surface area (Å²) < 4.78 is 105. The van der Waals surface area contributed by atoms with E-state index in [0.717, 1.165) is 21.3 Å². The minimum atomic E-state index is -4.80. The number of halogens is 6. The second-order valence-corrected chi connectivity index (χ2v) is 12.5. The lowest BCUT2D eigenvalue weighted by Gasteiger charge is -2.32. The van der Waals surface area contributed by atoms with E-state index < -0.39 is 44.8 Å². The molecular weight excluding hydrogens is 566 g/mol. The summed E-state index contributed by atoms with van der Waals surface area (Å²) in [4.78, 5) is 12.4. The average molecular weight is 589 g/mol. The molecule has 0 spiro atoms. The first-order valence-electron chi connectivity index (χ1n) is 10.8. The fourth-order valence-electron chi connectivity index (χ4n) is 3.90. The Morgan fingerprint density at radius 1 is 1.00 bits per heavy atom. The van der Waals surface area contributed by atoms with E-state index in [2.05, 4.69) is 0 Å². The lowest BCUT2D eigenvalue weighted by molar-refractivity contribution is -0.152. The van der Waals surface area contributed by atoms with Crippen LogP contribution in [0.2, 0.25) is 0 Å². The van der Waals surface area contributed by atoms with Crippen molar-refractivity contribution in [2.75, 3.05) is 13.1 Å². The maximum Gasteiger partial charge on any atom is 0.446 e. The van der Waals surface area contributed by atoms with Gasteiger partial charge in [-0.1, -0.05) is 18.2 Å². The van der Waals surface area contributed by atoms with E-state index in [4.69, 9.17) is 5.21 Å². The summed E-state index contributed by atoms with van der Waals surface area (Å²) in [6.07, 6.45) is -5.67. The van der Waals surface area contributed by atoms with Crippen LogP contribution in [0.15, 0.2) is 63.2 Å². The molecule has 0 saturated carbocycles. The lowest BCUT2D eigenvalue weighted by atomic mass is 9.94. The highest BCUT2D eigenvalue weighted by Crippen LogP contribution is 2.39.